The highest BCUT2D eigenvalue weighted by Gasteiger charge is 2.30. The van der Waals surface area contributed by atoms with E-state index in [9.17, 15) is 18.7 Å². The third kappa shape index (κ3) is 4.91. The van der Waals surface area contributed by atoms with E-state index in [4.69, 9.17) is 0 Å². The number of hydrogen-bond acceptors (Lipinski definition) is 3. The number of carbonyl (C=O) groups is 1. The topological polar surface area (TPSA) is 49.3 Å². The minimum Gasteiger partial charge on any atom is -0.381 e. The fraction of sp³-hybridized carbons (Fsp3) is 0.348. The summed E-state index contributed by atoms with van der Waals surface area (Å²) in [5.74, 6) is -0.685. The predicted molar refractivity (Wildman–Crippen MR) is 105 cm³/mol. The zero-order valence-electron chi connectivity index (χ0n) is 15.9. The van der Waals surface area contributed by atoms with Crippen LogP contribution in [-0.2, 0) is 5.60 Å². The van der Waals surface area contributed by atoms with Crippen LogP contribution < -0.4 is 5.32 Å². The molecule has 3 rings (SSSR count). The molecule has 3 nitrogen and oxygen atoms in total. The highest BCUT2D eigenvalue weighted by atomic mass is 19.1. The van der Waals surface area contributed by atoms with Crippen LogP contribution in [-0.4, -0.2) is 23.5 Å². The Balaban J connectivity index is 1.59. The molecule has 0 aromatic heterocycles. The maximum absolute atomic E-state index is 13.2. The molecule has 5 heteroatoms. The molecule has 2 atom stereocenters. The van der Waals surface area contributed by atoms with Gasteiger partial charge in [-0.25, -0.2) is 8.78 Å². The van der Waals surface area contributed by atoms with Gasteiger partial charge in [0.25, 0.3) is 0 Å². The van der Waals surface area contributed by atoms with Crippen LogP contribution >= 0.6 is 0 Å². The molecule has 0 aliphatic carbocycles. The summed E-state index contributed by atoms with van der Waals surface area (Å²) in [6, 6.07) is 11.6. The minimum absolute atomic E-state index is 0.00155. The highest BCUT2D eigenvalue weighted by Crippen LogP contribution is 2.33. The van der Waals surface area contributed by atoms with E-state index in [1.807, 2.05) is 6.08 Å². The molecule has 2 aromatic rings. The Bertz CT molecular complexity index is 842. The van der Waals surface area contributed by atoms with Crippen molar-refractivity contribution in [3.8, 4) is 0 Å². The molecular weight excluding hydrogens is 360 g/mol. The summed E-state index contributed by atoms with van der Waals surface area (Å²) in [7, 11) is 0. The molecule has 2 N–H and O–H groups in total. The number of benzene rings is 2. The van der Waals surface area contributed by atoms with Crippen molar-refractivity contribution in [1.29, 1.82) is 0 Å². The number of carbonyl (C=O) groups excluding carboxylic acids is 1. The molecule has 0 spiro atoms. The van der Waals surface area contributed by atoms with Gasteiger partial charge in [-0.15, -0.1) is 0 Å². The van der Waals surface area contributed by atoms with Gasteiger partial charge in [0.1, 0.15) is 17.2 Å². The maximum Gasteiger partial charge on any atom is 0.162 e. The molecule has 1 heterocycles. The van der Waals surface area contributed by atoms with Gasteiger partial charge in [-0.3, -0.25) is 4.79 Å². The van der Waals surface area contributed by atoms with Gasteiger partial charge in [-0.1, -0.05) is 18.2 Å². The standard InChI is InChI=1S/C23H25F2NO2/c1-23(28,17-7-11-20(25)12-8-17)18-13-14-26-21(15-18)3-2-4-22(27)16-5-9-19(24)10-6-16/h5-12,15,21,26,28H,2-4,13-14H2,1H3. The number of halogens is 2. The van der Waals surface area contributed by atoms with Gasteiger partial charge in [-0.05, 0) is 80.3 Å². The van der Waals surface area contributed by atoms with E-state index >= 15 is 0 Å². The van der Waals surface area contributed by atoms with Crippen molar-refractivity contribution in [3.63, 3.8) is 0 Å². The predicted octanol–water partition coefficient (Wildman–Crippen LogP) is 4.51. The largest absolute Gasteiger partial charge is 0.381 e. The molecule has 28 heavy (non-hydrogen) atoms. The van der Waals surface area contributed by atoms with E-state index in [-0.39, 0.29) is 23.5 Å². The second-order valence-electron chi connectivity index (χ2n) is 7.40. The van der Waals surface area contributed by atoms with Crippen molar-refractivity contribution in [2.75, 3.05) is 6.54 Å². The van der Waals surface area contributed by atoms with Crippen molar-refractivity contribution in [2.45, 2.75) is 44.2 Å². The first kappa shape index (κ1) is 20.4. The zero-order valence-corrected chi connectivity index (χ0v) is 15.9. The second-order valence-corrected chi connectivity index (χ2v) is 7.40. The molecule has 0 amide bonds. The fourth-order valence-corrected chi connectivity index (χ4v) is 3.59. The monoisotopic (exact) mass is 385 g/mol. The van der Waals surface area contributed by atoms with E-state index in [0.717, 1.165) is 18.5 Å². The summed E-state index contributed by atoms with van der Waals surface area (Å²) in [5.41, 5.74) is 0.923. The Labute approximate surface area is 164 Å². The normalized spacial score (nSPS) is 19.0. The van der Waals surface area contributed by atoms with E-state index in [1.54, 1.807) is 19.1 Å². The van der Waals surface area contributed by atoms with E-state index < -0.39 is 5.60 Å². The van der Waals surface area contributed by atoms with E-state index in [2.05, 4.69) is 5.32 Å². The van der Waals surface area contributed by atoms with Gasteiger partial charge in [0.15, 0.2) is 5.78 Å². The third-order valence-electron chi connectivity index (χ3n) is 5.32. The van der Waals surface area contributed by atoms with Gasteiger partial charge >= 0.3 is 0 Å². The maximum atomic E-state index is 13.2. The lowest BCUT2D eigenvalue weighted by atomic mass is 9.83. The fourth-order valence-electron chi connectivity index (χ4n) is 3.59. The van der Waals surface area contributed by atoms with Gasteiger partial charge in [0.2, 0.25) is 0 Å². The SMILES string of the molecule is CC(O)(C1=CC(CCCC(=O)c2ccc(F)cc2)NCC1)c1ccc(F)cc1. The molecule has 0 saturated carbocycles. The average molecular weight is 385 g/mol. The summed E-state index contributed by atoms with van der Waals surface area (Å²) >= 11 is 0. The molecule has 0 bridgehead atoms. The van der Waals surface area contributed by atoms with Crippen LogP contribution in [0, 0.1) is 11.6 Å². The van der Waals surface area contributed by atoms with Crippen molar-refractivity contribution < 1.29 is 18.7 Å². The number of ketones is 1. The zero-order chi connectivity index (χ0) is 20.1. The summed E-state index contributed by atoms with van der Waals surface area (Å²) < 4.78 is 26.1. The number of hydrogen-bond donors (Lipinski definition) is 2. The van der Waals surface area contributed by atoms with Crippen molar-refractivity contribution in [1.82, 2.24) is 5.32 Å². The highest BCUT2D eigenvalue weighted by molar-refractivity contribution is 5.95. The van der Waals surface area contributed by atoms with E-state index in [0.29, 0.717) is 30.4 Å². The Kier molecular flexibility index (Phi) is 6.37. The lowest BCUT2D eigenvalue weighted by molar-refractivity contribution is 0.0906. The molecule has 0 saturated heterocycles. The Morgan fingerprint density at radius 2 is 1.71 bits per heavy atom. The van der Waals surface area contributed by atoms with Gasteiger partial charge in [0.05, 0.1) is 0 Å². The van der Waals surface area contributed by atoms with Gasteiger partial charge in [-0.2, -0.15) is 0 Å². The smallest absolute Gasteiger partial charge is 0.162 e. The van der Waals surface area contributed by atoms with Gasteiger partial charge in [0, 0.05) is 18.0 Å². The Morgan fingerprint density at radius 3 is 2.36 bits per heavy atom. The van der Waals surface area contributed by atoms with Crippen LogP contribution in [0.15, 0.2) is 60.2 Å². The number of rotatable bonds is 7. The van der Waals surface area contributed by atoms with Crippen LogP contribution in [0.4, 0.5) is 8.78 Å². The lowest BCUT2D eigenvalue weighted by Crippen LogP contribution is -2.37. The number of nitrogens with one attached hydrogen (secondary N) is 1. The van der Waals surface area contributed by atoms with Crippen molar-refractivity contribution >= 4 is 5.78 Å². The third-order valence-corrected chi connectivity index (χ3v) is 5.32. The summed E-state index contributed by atoms with van der Waals surface area (Å²) in [6.45, 7) is 2.46. The van der Waals surface area contributed by atoms with Crippen LogP contribution in [0.5, 0.6) is 0 Å². The molecule has 1 aliphatic rings. The van der Waals surface area contributed by atoms with Crippen LogP contribution in [0.1, 0.15) is 48.5 Å². The molecule has 0 radical (unpaired) electrons. The molecule has 1 aliphatic heterocycles. The average Bonchev–Trinajstić information content (AvgIpc) is 2.69. The Hall–Kier alpha value is -2.37. The van der Waals surface area contributed by atoms with Gasteiger partial charge < -0.3 is 10.4 Å². The van der Waals surface area contributed by atoms with Crippen LogP contribution in [0.3, 0.4) is 0 Å². The van der Waals surface area contributed by atoms with Crippen LogP contribution in [0.25, 0.3) is 0 Å². The lowest BCUT2D eigenvalue weighted by Gasteiger charge is -2.32. The number of Topliss-reactive ketones (excluding diaryl/α,β-unsaturated/α-hetero) is 1. The molecular formula is C23H25F2NO2. The summed E-state index contributed by atoms with van der Waals surface area (Å²) in [5, 5.41) is 14.4. The quantitative estimate of drug-likeness (QED) is 0.544. The molecule has 2 unspecified atom stereocenters. The second kappa shape index (κ2) is 8.76. The van der Waals surface area contributed by atoms with Crippen LogP contribution in [0.2, 0.25) is 0 Å². The first-order chi connectivity index (χ1) is 13.4. The van der Waals surface area contributed by atoms with Crippen molar-refractivity contribution in [3.05, 3.63) is 82.9 Å². The Morgan fingerprint density at radius 1 is 1.11 bits per heavy atom. The first-order valence-electron chi connectivity index (χ1n) is 9.58. The molecule has 0 fully saturated rings. The van der Waals surface area contributed by atoms with Crippen molar-refractivity contribution in [2.24, 2.45) is 0 Å². The number of aliphatic hydroxyl groups is 1. The molecule has 148 valence electrons. The molecule has 2 aromatic carbocycles. The minimum atomic E-state index is -1.15. The first-order valence-corrected chi connectivity index (χ1v) is 9.58. The van der Waals surface area contributed by atoms with E-state index in [1.165, 1.54) is 36.4 Å². The summed E-state index contributed by atoms with van der Waals surface area (Å²) in [6.07, 6.45) is 4.57. The summed E-state index contributed by atoms with van der Waals surface area (Å²) in [4.78, 5) is 12.2.